The summed E-state index contributed by atoms with van der Waals surface area (Å²) in [4.78, 5) is 21.3. The maximum atomic E-state index is 11.4. The summed E-state index contributed by atoms with van der Waals surface area (Å²) in [6.45, 7) is 1.95. The zero-order valence-corrected chi connectivity index (χ0v) is 15.7. The molecule has 3 heterocycles. The standard InChI is InChI=1S/C18H14ClN5O2S/c1-10-16(24-7-6-12(19)8-15(24)21-10)14-9-20-18(27-14)22-13-4-2-11(3-5-13)17(25)23-26/h2-9,26H,1H3,(H,20,22)(H,23,25). The number of carbonyl (C=O) groups is 1. The Morgan fingerprint density at radius 3 is 2.78 bits per heavy atom. The Morgan fingerprint density at radius 1 is 1.26 bits per heavy atom. The molecule has 0 fully saturated rings. The molecule has 0 spiro atoms. The summed E-state index contributed by atoms with van der Waals surface area (Å²) < 4.78 is 1.99. The number of benzene rings is 1. The van der Waals surface area contributed by atoms with E-state index >= 15 is 0 Å². The Morgan fingerprint density at radius 2 is 2.04 bits per heavy atom. The van der Waals surface area contributed by atoms with Gasteiger partial charge in [0.05, 0.1) is 16.3 Å². The van der Waals surface area contributed by atoms with Crippen molar-refractivity contribution in [1.82, 2.24) is 19.8 Å². The first-order valence-electron chi connectivity index (χ1n) is 7.97. The molecule has 0 aliphatic carbocycles. The topological polar surface area (TPSA) is 91.5 Å². The van der Waals surface area contributed by atoms with E-state index in [1.807, 2.05) is 29.7 Å². The van der Waals surface area contributed by atoms with Crippen molar-refractivity contribution in [2.45, 2.75) is 6.92 Å². The van der Waals surface area contributed by atoms with Crippen molar-refractivity contribution in [3.63, 3.8) is 0 Å². The molecule has 4 aromatic rings. The van der Waals surface area contributed by atoms with Gasteiger partial charge in [0.2, 0.25) is 0 Å². The van der Waals surface area contributed by atoms with Crippen molar-refractivity contribution in [2.75, 3.05) is 5.32 Å². The van der Waals surface area contributed by atoms with E-state index in [4.69, 9.17) is 16.8 Å². The second-order valence-electron chi connectivity index (χ2n) is 5.79. The summed E-state index contributed by atoms with van der Waals surface area (Å²) in [5.74, 6) is -0.554. The average molecular weight is 400 g/mol. The molecule has 9 heteroatoms. The Kier molecular flexibility index (Phi) is 4.53. The molecular weight excluding hydrogens is 386 g/mol. The lowest BCUT2D eigenvalue weighted by Crippen LogP contribution is -2.18. The molecule has 0 aliphatic heterocycles. The van der Waals surface area contributed by atoms with Crippen LogP contribution in [0.4, 0.5) is 10.8 Å². The second kappa shape index (κ2) is 6.99. The maximum Gasteiger partial charge on any atom is 0.274 e. The Bertz CT molecular complexity index is 1140. The van der Waals surface area contributed by atoms with Crippen molar-refractivity contribution in [2.24, 2.45) is 0 Å². The molecule has 27 heavy (non-hydrogen) atoms. The number of hydroxylamine groups is 1. The van der Waals surface area contributed by atoms with Gasteiger partial charge in [-0.2, -0.15) is 0 Å². The summed E-state index contributed by atoms with van der Waals surface area (Å²) in [5.41, 5.74) is 5.41. The summed E-state index contributed by atoms with van der Waals surface area (Å²) in [7, 11) is 0. The number of carbonyl (C=O) groups excluding carboxylic acids is 1. The highest BCUT2D eigenvalue weighted by atomic mass is 35.5. The third-order valence-corrected chi connectivity index (χ3v) is 5.16. The molecule has 7 nitrogen and oxygen atoms in total. The number of nitrogens with zero attached hydrogens (tertiary/aromatic N) is 3. The number of thiazole rings is 1. The van der Waals surface area contributed by atoms with Crippen molar-refractivity contribution in [1.29, 1.82) is 0 Å². The Balaban J connectivity index is 1.61. The van der Waals surface area contributed by atoms with Gasteiger partial charge in [-0.3, -0.25) is 14.4 Å². The molecule has 0 bridgehead atoms. The first kappa shape index (κ1) is 17.5. The van der Waals surface area contributed by atoms with Gasteiger partial charge in [0.1, 0.15) is 5.65 Å². The minimum absolute atomic E-state index is 0.364. The highest BCUT2D eigenvalue weighted by molar-refractivity contribution is 7.18. The van der Waals surface area contributed by atoms with Crippen LogP contribution in [0.1, 0.15) is 16.1 Å². The lowest BCUT2D eigenvalue weighted by molar-refractivity contribution is 0.0706. The quantitative estimate of drug-likeness (QED) is 0.352. The van der Waals surface area contributed by atoms with Crippen molar-refractivity contribution < 1.29 is 10.0 Å². The molecule has 0 radical (unpaired) electrons. The third-order valence-electron chi connectivity index (χ3n) is 4.00. The van der Waals surface area contributed by atoms with Gasteiger partial charge in [0.25, 0.3) is 5.91 Å². The second-order valence-corrected chi connectivity index (χ2v) is 7.26. The van der Waals surface area contributed by atoms with Crippen LogP contribution in [0.2, 0.25) is 5.02 Å². The van der Waals surface area contributed by atoms with Crippen LogP contribution in [0.5, 0.6) is 0 Å². The van der Waals surface area contributed by atoms with E-state index in [1.165, 1.54) is 11.3 Å². The van der Waals surface area contributed by atoms with Crippen LogP contribution in [-0.4, -0.2) is 25.5 Å². The predicted molar refractivity (Wildman–Crippen MR) is 105 cm³/mol. The van der Waals surface area contributed by atoms with Crippen LogP contribution < -0.4 is 10.8 Å². The van der Waals surface area contributed by atoms with Gasteiger partial charge in [-0.05, 0) is 37.3 Å². The normalized spacial score (nSPS) is 10.9. The molecule has 0 aliphatic rings. The minimum Gasteiger partial charge on any atom is -0.332 e. The van der Waals surface area contributed by atoms with E-state index in [2.05, 4.69) is 15.3 Å². The number of anilines is 2. The van der Waals surface area contributed by atoms with E-state index in [9.17, 15) is 4.79 Å². The molecule has 1 aromatic carbocycles. The molecule has 0 atom stereocenters. The highest BCUT2D eigenvalue weighted by Crippen LogP contribution is 2.33. The van der Waals surface area contributed by atoms with E-state index in [0.29, 0.717) is 15.7 Å². The number of hydrogen-bond acceptors (Lipinski definition) is 6. The first-order chi connectivity index (χ1) is 13.0. The molecule has 3 aromatic heterocycles. The minimum atomic E-state index is -0.554. The average Bonchev–Trinajstić information content (AvgIpc) is 3.24. The molecular formula is C18H14ClN5O2S. The Hall–Kier alpha value is -2.94. The molecule has 1 amide bonds. The zero-order chi connectivity index (χ0) is 19.0. The number of hydrogen-bond donors (Lipinski definition) is 3. The fraction of sp³-hybridized carbons (Fsp3) is 0.0556. The molecule has 3 N–H and O–H groups in total. The molecule has 4 rings (SSSR count). The van der Waals surface area contributed by atoms with Crippen LogP contribution in [0.3, 0.4) is 0 Å². The van der Waals surface area contributed by atoms with Crippen LogP contribution in [-0.2, 0) is 0 Å². The first-order valence-corrected chi connectivity index (χ1v) is 9.16. The third kappa shape index (κ3) is 3.37. The van der Waals surface area contributed by atoms with E-state index in [1.54, 1.807) is 35.9 Å². The van der Waals surface area contributed by atoms with Gasteiger partial charge in [-0.15, -0.1) is 0 Å². The fourth-order valence-corrected chi connectivity index (χ4v) is 3.85. The molecule has 0 unspecified atom stereocenters. The lowest BCUT2D eigenvalue weighted by Gasteiger charge is -2.04. The van der Waals surface area contributed by atoms with Gasteiger partial charge in [0, 0.05) is 34.7 Å². The molecule has 136 valence electrons. The SMILES string of the molecule is Cc1nc2cc(Cl)ccn2c1-c1cnc(Nc2ccc(C(=O)NO)cc2)s1. The number of aryl methyl sites for hydroxylation is 1. The summed E-state index contributed by atoms with van der Waals surface area (Å²) >= 11 is 7.55. The van der Waals surface area contributed by atoms with Gasteiger partial charge in [-0.25, -0.2) is 15.4 Å². The van der Waals surface area contributed by atoms with Gasteiger partial charge in [0.15, 0.2) is 5.13 Å². The van der Waals surface area contributed by atoms with Crippen molar-refractivity contribution >= 4 is 45.3 Å². The summed E-state index contributed by atoms with van der Waals surface area (Å²) in [6.07, 6.45) is 3.69. The molecule has 0 saturated heterocycles. The van der Waals surface area contributed by atoms with Gasteiger partial charge < -0.3 is 5.32 Å². The number of imidazole rings is 1. The molecule has 0 saturated carbocycles. The number of nitrogens with one attached hydrogen (secondary N) is 2. The van der Waals surface area contributed by atoms with E-state index < -0.39 is 5.91 Å². The number of fused-ring (bicyclic) bond motifs is 1. The number of rotatable bonds is 4. The van der Waals surface area contributed by atoms with Crippen molar-refractivity contribution in [3.05, 3.63) is 65.1 Å². The number of pyridine rings is 1. The largest absolute Gasteiger partial charge is 0.332 e. The van der Waals surface area contributed by atoms with Gasteiger partial charge >= 0.3 is 0 Å². The van der Waals surface area contributed by atoms with Crippen molar-refractivity contribution in [3.8, 4) is 10.6 Å². The number of halogens is 1. The zero-order valence-electron chi connectivity index (χ0n) is 14.1. The lowest BCUT2D eigenvalue weighted by atomic mass is 10.2. The summed E-state index contributed by atoms with van der Waals surface area (Å²) in [6, 6.07) is 10.4. The van der Waals surface area contributed by atoms with E-state index in [0.717, 1.165) is 27.6 Å². The predicted octanol–water partition coefficient (Wildman–Crippen LogP) is 4.28. The highest BCUT2D eigenvalue weighted by Gasteiger charge is 2.14. The van der Waals surface area contributed by atoms with Crippen LogP contribution in [0.25, 0.3) is 16.2 Å². The smallest absolute Gasteiger partial charge is 0.274 e. The summed E-state index contributed by atoms with van der Waals surface area (Å²) in [5, 5.41) is 13.2. The maximum absolute atomic E-state index is 11.4. The monoisotopic (exact) mass is 399 g/mol. The van der Waals surface area contributed by atoms with Gasteiger partial charge in [-0.1, -0.05) is 22.9 Å². The van der Waals surface area contributed by atoms with E-state index in [-0.39, 0.29) is 0 Å². The van der Waals surface area contributed by atoms with Crippen LogP contribution >= 0.6 is 22.9 Å². The van der Waals surface area contributed by atoms with Crippen LogP contribution in [0.15, 0.2) is 48.8 Å². The fourth-order valence-electron chi connectivity index (χ4n) is 2.77. The number of amides is 1. The Labute approximate surface area is 163 Å². The number of aromatic nitrogens is 3. The van der Waals surface area contributed by atoms with Crippen LogP contribution in [0, 0.1) is 6.92 Å².